The molecule has 1 aromatic heterocycles. The highest BCUT2D eigenvalue weighted by Crippen LogP contribution is 2.21. The van der Waals surface area contributed by atoms with E-state index in [2.05, 4.69) is 14.8 Å². The Morgan fingerprint density at radius 1 is 1.36 bits per heavy atom. The van der Waals surface area contributed by atoms with Gasteiger partial charge in [-0.25, -0.2) is 17.5 Å². The number of hydrogen-bond donors (Lipinski definition) is 1. The molecule has 1 unspecified atom stereocenters. The minimum atomic E-state index is -3.69. The Labute approximate surface area is 147 Å². The van der Waals surface area contributed by atoms with Crippen molar-refractivity contribution in [3.63, 3.8) is 0 Å². The van der Waals surface area contributed by atoms with Crippen molar-refractivity contribution in [2.75, 3.05) is 13.1 Å². The second-order valence-electron chi connectivity index (χ2n) is 6.44. The third-order valence-electron chi connectivity index (χ3n) is 4.42. The van der Waals surface area contributed by atoms with Crippen LogP contribution >= 0.6 is 0 Å². The molecule has 0 bridgehead atoms. The molecule has 0 saturated carbocycles. The molecule has 0 spiro atoms. The Balaban J connectivity index is 1.69. The van der Waals surface area contributed by atoms with E-state index >= 15 is 0 Å². The molecule has 1 aliphatic heterocycles. The molecular weight excluding hydrogens is 345 g/mol. The van der Waals surface area contributed by atoms with E-state index in [0.29, 0.717) is 24.3 Å². The summed E-state index contributed by atoms with van der Waals surface area (Å²) in [5, 5.41) is 3.71. The third kappa shape index (κ3) is 4.08. The quantitative estimate of drug-likeness (QED) is 0.878. The molecule has 0 aliphatic carbocycles. The molecule has 1 fully saturated rings. The number of nitrogens with one attached hydrogen (secondary N) is 1. The molecule has 1 aromatic carbocycles. The van der Waals surface area contributed by atoms with Crippen molar-refractivity contribution in [3.05, 3.63) is 47.1 Å². The molecule has 25 heavy (non-hydrogen) atoms. The summed E-state index contributed by atoms with van der Waals surface area (Å²) in [6.07, 6.45) is 1.60. The number of nitrogens with zero attached hydrogens (tertiary/aromatic N) is 2. The average Bonchev–Trinajstić information content (AvgIpc) is 2.89. The summed E-state index contributed by atoms with van der Waals surface area (Å²) in [5.74, 6) is 0.0462. The van der Waals surface area contributed by atoms with Crippen molar-refractivity contribution in [3.8, 4) is 0 Å². The number of aryl methyl sites for hydroxylation is 2. The van der Waals surface area contributed by atoms with E-state index in [1.54, 1.807) is 32.0 Å². The predicted molar refractivity (Wildman–Crippen MR) is 91.0 cm³/mol. The van der Waals surface area contributed by atoms with Crippen LogP contribution in [0.3, 0.4) is 0 Å². The fourth-order valence-corrected chi connectivity index (χ4v) is 4.89. The standard InChI is InChI=1S/C17H22FN3O3S/c1-12-17(13(2)24-19-12)25(22,23)20-15-7-5-9-21(11-15)10-14-6-3-4-8-16(14)18/h3-4,6,8,15,20H,5,7,9-11H2,1-2H3. The van der Waals surface area contributed by atoms with E-state index in [1.165, 1.54) is 6.07 Å². The molecule has 2 heterocycles. The lowest BCUT2D eigenvalue weighted by atomic mass is 10.1. The number of piperidine rings is 1. The van der Waals surface area contributed by atoms with Gasteiger partial charge < -0.3 is 4.52 Å². The Bertz CT molecular complexity index is 831. The van der Waals surface area contributed by atoms with Gasteiger partial charge in [0.25, 0.3) is 0 Å². The molecule has 0 amide bonds. The van der Waals surface area contributed by atoms with Crippen LogP contribution in [0.5, 0.6) is 0 Å². The van der Waals surface area contributed by atoms with Gasteiger partial charge in [0, 0.05) is 24.7 Å². The average molecular weight is 367 g/mol. The number of sulfonamides is 1. The van der Waals surface area contributed by atoms with Gasteiger partial charge in [-0.3, -0.25) is 4.90 Å². The van der Waals surface area contributed by atoms with Crippen LogP contribution in [0.2, 0.25) is 0 Å². The second kappa shape index (κ2) is 7.23. The smallest absolute Gasteiger partial charge is 0.246 e. The van der Waals surface area contributed by atoms with Gasteiger partial charge >= 0.3 is 0 Å². The van der Waals surface area contributed by atoms with Crippen LogP contribution in [-0.4, -0.2) is 37.6 Å². The van der Waals surface area contributed by atoms with Crippen molar-refractivity contribution in [1.29, 1.82) is 0 Å². The fraction of sp³-hybridized carbons (Fsp3) is 0.471. The van der Waals surface area contributed by atoms with Gasteiger partial charge in [-0.15, -0.1) is 0 Å². The van der Waals surface area contributed by atoms with Crippen LogP contribution in [0.15, 0.2) is 33.7 Å². The maximum Gasteiger partial charge on any atom is 0.246 e. The van der Waals surface area contributed by atoms with Gasteiger partial charge in [-0.2, -0.15) is 0 Å². The van der Waals surface area contributed by atoms with Gasteiger partial charge in [0.1, 0.15) is 16.4 Å². The molecular formula is C17H22FN3O3S. The lowest BCUT2D eigenvalue weighted by Crippen LogP contribution is -2.47. The summed E-state index contributed by atoms with van der Waals surface area (Å²) in [7, 11) is -3.69. The summed E-state index contributed by atoms with van der Waals surface area (Å²) in [6, 6.07) is 6.44. The maximum absolute atomic E-state index is 13.8. The molecule has 2 aromatic rings. The SMILES string of the molecule is Cc1noc(C)c1S(=O)(=O)NC1CCCN(Cc2ccccc2F)C1. The van der Waals surface area contributed by atoms with E-state index < -0.39 is 10.0 Å². The van der Waals surface area contributed by atoms with Crippen LogP contribution in [0.4, 0.5) is 4.39 Å². The van der Waals surface area contributed by atoms with E-state index in [9.17, 15) is 12.8 Å². The van der Waals surface area contributed by atoms with Gasteiger partial charge in [-0.1, -0.05) is 23.4 Å². The first kappa shape index (κ1) is 18.0. The Morgan fingerprint density at radius 3 is 2.80 bits per heavy atom. The van der Waals surface area contributed by atoms with E-state index in [4.69, 9.17) is 4.52 Å². The highest BCUT2D eigenvalue weighted by molar-refractivity contribution is 7.89. The molecule has 3 rings (SSSR count). The first-order valence-corrected chi connectivity index (χ1v) is 9.76. The molecule has 8 heteroatoms. The van der Waals surface area contributed by atoms with Gasteiger partial charge in [0.15, 0.2) is 5.76 Å². The zero-order chi connectivity index (χ0) is 18.0. The van der Waals surface area contributed by atoms with Gasteiger partial charge in [-0.05, 0) is 39.3 Å². The monoisotopic (exact) mass is 367 g/mol. The molecule has 1 aliphatic rings. The minimum absolute atomic E-state index is 0.110. The van der Waals surface area contributed by atoms with Crippen molar-refractivity contribution in [1.82, 2.24) is 14.8 Å². The van der Waals surface area contributed by atoms with Gasteiger partial charge in [0.05, 0.1) is 0 Å². The largest absolute Gasteiger partial charge is 0.360 e. The number of hydrogen-bond acceptors (Lipinski definition) is 5. The lowest BCUT2D eigenvalue weighted by Gasteiger charge is -2.33. The van der Waals surface area contributed by atoms with Gasteiger partial charge in [0.2, 0.25) is 10.0 Å². The summed E-state index contributed by atoms with van der Waals surface area (Å²) in [5.41, 5.74) is 0.973. The highest BCUT2D eigenvalue weighted by Gasteiger charge is 2.29. The molecule has 1 N–H and O–H groups in total. The molecule has 136 valence electrons. The van der Waals surface area contributed by atoms with Crippen molar-refractivity contribution >= 4 is 10.0 Å². The second-order valence-corrected chi connectivity index (χ2v) is 8.09. The number of benzene rings is 1. The number of aromatic nitrogens is 1. The lowest BCUT2D eigenvalue weighted by molar-refractivity contribution is 0.192. The predicted octanol–water partition coefficient (Wildman–Crippen LogP) is 2.37. The summed E-state index contributed by atoms with van der Waals surface area (Å²) < 4.78 is 46.8. The van der Waals surface area contributed by atoms with Crippen molar-refractivity contribution < 1.29 is 17.3 Å². The summed E-state index contributed by atoms with van der Waals surface area (Å²) in [4.78, 5) is 2.18. The van der Waals surface area contributed by atoms with Crippen LogP contribution in [0, 0.1) is 19.7 Å². The van der Waals surface area contributed by atoms with E-state index in [-0.39, 0.29) is 22.5 Å². The molecule has 6 nitrogen and oxygen atoms in total. The Morgan fingerprint density at radius 2 is 2.12 bits per heavy atom. The van der Waals surface area contributed by atoms with Crippen LogP contribution < -0.4 is 4.72 Å². The normalized spacial score (nSPS) is 19.2. The molecule has 0 radical (unpaired) electrons. The number of halogens is 1. The Hall–Kier alpha value is -1.77. The Kier molecular flexibility index (Phi) is 5.21. The first-order chi connectivity index (χ1) is 11.9. The van der Waals surface area contributed by atoms with Crippen LogP contribution in [-0.2, 0) is 16.6 Å². The maximum atomic E-state index is 13.8. The van der Waals surface area contributed by atoms with Crippen molar-refractivity contribution in [2.24, 2.45) is 0 Å². The minimum Gasteiger partial charge on any atom is -0.360 e. The molecule has 1 atom stereocenters. The zero-order valence-electron chi connectivity index (χ0n) is 14.3. The summed E-state index contributed by atoms with van der Waals surface area (Å²) in [6.45, 7) is 5.02. The number of rotatable bonds is 5. The third-order valence-corrected chi connectivity index (χ3v) is 6.18. The summed E-state index contributed by atoms with van der Waals surface area (Å²) >= 11 is 0. The van der Waals surface area contributed by atoms with Crippen LogP contribution in [0.1, 0.15) is 29.9 Å². The fourth-order valence-electron chi connectivity index (χ4n) is 3.30. The zero-order valence-corrected chi connectivity index (χ0v) is 15.1. The topological polar surface area (TPSA) is 75.4 Å². The number of likely N-dealkylation sites (tertiary alicyclic amines) is 1. The van der Waals surface area contributed by atoms with E-state index in [0.717, 1.165) is 19.4 Å². The van der Waals surface area contributed by atoms with Crippen molar-refractivity contribution in [2.45, 2.75) is 44.2 Å². The molecule has 1 saturated heterocycles. The van der Waals surface area contributed by atoms with E-state index in [1.807, 2.05) is 0 Å². The first-order valence-electron chi connectivity index (χ1n) is 8.28. The highest BCUT2D eigenvalue weighted by atomic mass is 32.2. The van der Waals surface area contributed by atoms with Crippen LogP contribution in [0.25, 0.3) is 0 Å².